The summed E-state index contributed by atoms with van der Waals surface area (Å²) in [7, 11) is 0. The van der Waals surface area contributed by atoms with Gasteiger partial charge in [-0.05, 0) is 61.2 Å². The third-order valence-corrected chi connectivity index (χ3v) is 5.69. The number of urea groups is 1. The maximum Gasteiger partial charge on any atom is 0.319 e. The van der Waals surface area contributed by atoms with Crippen LogP contribution in [0.15, 0.2) is 78.9 Å². The van der Waals surface area contributed by atoms with Crippen LogP contribution in [0.1, 0.15) is 24.8 Å². The van der Waals surface area contributed by atoms with Gasteiger partial charge in [-0.1, -0.05) is 54.1 Å². The van der Waals surface area contributed by atoms with E-state index >= 15 is 0 Å². The second-order valence-electron chi connectivity index (χ2n) is 7.95. The van der Waals surface area contributed by atoms with Crippen molar-refractivity contribution in [3.8, 4) is 11.5 Å². The fourth-order valence-corrected chi connectivity index (χ4v) is 4.06. The van der Waals surface area contributed by atoms with E-state index in [2.05, 4.69) is 10.6 Å². The van der Waals surface area contributed by atoms with Crippen LogP contribution in [0.2, 0.25) is 5.02 Å². The van der Waals surface area contributed by atoms with E-state index in [0.29, 0.717) is 41.7 Å². The Morgan fingerprint density at radius 1 is 1.00 bits per heavy atom. The Morgan fingerprint density at radius 2 is 1.79 bits per heavy atom. The van der Waals surface area contributed by atoms with E-state index in [1.54, 1.807) is 17.0 Å². The van der Waals surface area contributed by atoms with Crippen molar-refractivity contribution in [1.82, 2.24) is 10.2 Å². The average molecular weight is 464 g/mol. The van der Waals surface area contributed by atoms with Crippen molar-refractivity contribution in [1.29, 1.82) is 0 Å². The van der Waals surface area contributed by atoms with Crippen molar-refractivity contribution >= 4 is 29.2 Å². The number of carbonyl (C=O) groups excluding carboxylic acids is 2. The molecule has 0 spiro atoms. The topological polar surface area (TPSA) is 70.7 Å². The number of nitrogens with one attached hydrogen (secondary N) is 2. The van der Waals surface area contributed by atoms with E-state index in [0.717, 1.165) is 18.4 Å². The molecule has 2 N–H and O–H groups in total. The molecule has 1 aliphatic rings. The third kappa shape index (κ3) is 6.26. The minimum absolute atomic E-state index is 0.0866. The molecule has 3 aromatic rings. The third-order valence-electron chi connectivity index (χ3n) is 5.45. The highest BCUT2D eigenvalue weighted by atomic mass is 35.5. The molecule has 7 heteroatoms. The van der Waals surface area contributed by atoms with Gasteiger partial charge in [0.05, 0.1) is 5.69 Å². The fourth-order valence-electron chi connectivity index (χ4n) is 3.84. The van der Waals surface area contributed by atoms with Gasteiger partial charge in [0.15, 0.2) is 5.75 Å². The fraction of sp³-hybridized carbons (Fsp3) is 0.231. The lowest BCUT2D eigenvalue weighted by molar-refractivity contribution is -0.133. The normalized spacial score (nSPS) is 16.1. The monoisotopic (exact) mass is 463 g/mol. The first kappa shape index (κ1) is 22.7. The molecule has 1 saturated heterocycles. The van der Waals surface area contributed by atoms with Crippen molar-refractivity contribution in [2.75, 3.05) is 11.9 Å². The number of hydrogen-bond acceptors (Lipinski definition) is 3. The largest absolute Gasteiger partial charge is 0.455 e. The van der Waals surface area contributed by atoms with Crippen LogP contribution in [0.4, 0.5) is 10.5 Å². The van der Waals surface area contributed by atoms with Crippen LogP contribution in [0, 0.1) is 0 Å². The van der Waals surface area contributed by atoms with Crippen LogP contribution in [-0.2, 0) is 11.3 Å². The molecule has 0 aromatic heterocycles. The van der Waals surface area contributed by atoms with Crippen LogP contribution < -0.4 is 15.4 Å². The van der Waals surface area contributed by atoms with Crippen LogP contribution >= 0.6 is 11.6 Å². The van der Waals surface area contributed by atoms with Gasteiger partial charge in [0.1, 0.15) is 11.8 Å². The Kier molecular flexibility index (Phi) is 7.47. The molecule has 0 saturated carbocycles. The first-order valence-electron chi connectivity index (χ1n) is 11.0. The van der Waals surface area contributed by atoms with Crippen molar-refractivity contribution in [3.63, 3.8) is 0 Å². The molecule has 0 bridgehead atoms. The number of amides is 3. The molecule has 4 rings (SSSR count). The number of hydrogen-bond donors (Lipinski definition) is 2. The first-order valence-corrected chi connectivity index (χ1v) is 11.4. The number of rotatable bonds is 6. The zero-order chi connectivity index (χ0) is 23.0. The maximum atomic E-state index is 13.2. The van der Waals surface area contributed by atoms with Gasteiger partial charge < -0.3 is 20.3 Å². The molecule has 0 radical (unpaired) electrons. The number of ether oxygens (including phenoxy) is 1. The molecule has 1 heterocycles. The van der Waals surface area contributed by atoms with Gasteiger partial charge in [0.25, 0.3) is 0 Å². The minimum Gasteiger partial charge on any atom is -0.455 e. The van der Waals surface area contributed by atoms with Gasteiger partial charge in [-0.25, -0.2) is 4.79 Å². The van der Waals surface area contributed by atoms with Gasteiger partial charge in [-0.2, -0.15) is 0 Å². The molecule has 1 atom stereocenters. The van der Waals surface area contributed by atoms with Gasteiger partial charge in [-0.15, -0.1) is 0 Å². The summed E-state index contributed by atoms with van der Waals surface area (Å²) >= 11 is 6.09. The highest BCUT2D eigenvalue weighted by molar-refractivity contribution is 6.30. The number of halogens is 1. The average Bonchev–Trinajstić information content (AvgIpc) is 2.97. The predicted octanol–water partition coefficient (Wildman–Crippen LogP) is 5.84. The molecule has 1 unspecified atom stereocenters. The van der Waals surface area contributed by atoms with Crippen LogP contribution in [0.25, 0.3) is 0 Å². The van der Waals surface area contributed by atoms with Gasteiger partial charge in [0.2, 0.25) is 5.91 Å². The molecule has 170 valence electrons. The Balaban J connectivity index is 1.41. The van der Waals surface area contributed by atoms with E-state index in [1.165, 1.54) is 0 Å². The summed E-state index contributed by atoms with van der Waals surface area (Å²) in [5, 5.41) is 6.32. The lowest BCUT2D eigenvalue weighted by Crippen LogP contribution is -2.48. The van der Waals surface area contributed by atoms with Crippen molar-refractivity contribution in [3.05, 3.63) is 89.4 Å². The molecule has 3 amide bonds. The van der Waals surface area contributed by atoms with Gasteiger partial charge >= 0.3 is 6.03 Å². The Morgan fingerprint density at radius 3 is 2.61 bits per heavy atom. The molecule has 3 aromatic carbocycles. The number of carbonyl (C=O) groups is 2. The summed E-state index contributed by atoms with van der Waals surface area (Å²) in [5.41, 5.74) is 1.49. The summed E-state index contributed by atoms with van der Waals surface area (Å²) in [6.07, 6.45) is 2.34. The summed E-state index contributed by atoms with van der Waals surface area (Å²) in [6, 6.07) is 23.0. The molecule has 0 aliphatic carbocycles. The van der Waals surface area contributed by atoms with Gasteiger partial charge in [-0.3, -0.25) is 4.79 Å². The summed E-state index contributed by atoms with van der Waals surface area (Å²) in [4.78, 5) is 27.7. The first-order chi connectivity index (χ1) is 16.1. The summed E-state index contributed by atoms with van der Waals surface area (Å²) < 4.78 is 5.91. The zero-order valence-electron chi connectivity index (χ0n) is 18.2. The predicted molar refractivity (Wildman–Crippen MR) is 130 cm³/mol. The van der Waals surface area contributed by atoms with Crippen molar-refractivity contribution in [2.24, 2.45) is 0 Å². The van der Waals surface area contributed by atoms with E-state index in [-0.39, 0.29) is 5.91 Å². The Labute approximate surface area is 198 Å². The highest BCUT2D eigenvalue weighted by Gasteiger charge is 2.28. The van der Waals surface area contributed by atoms with E-state index < -0.39 is 12.1 Å². The van der Waals surface area contributed by atoms with Crippen LogP contribution in [-0.4, -0.2) is 29.4 Å². The van der Waals surface area contributed by atoms with Crippen molar-refractivity contribution in [2.45, 2.75) is 31.8 Å². The number of likely N-dealkylation sites (tertiary alicyclic amines) is 1. The highest BCUT2D eigenvalue weighted by Crippen LogP contribution is 2.29. The second-order valence-corrected chi connectivity index (χ2v) is 8.38. The quantitative estimate of drug-likeness (QED) is 0.482. The Bertz CT molecular complexity index is 1110. The van der Waals surface area contributed by atoms with Crippen LogP contribution in [0.3, 0.4) is 0 Å². The SMILES string of the molecule is O=C(Nc1ccccc1Oc1ccccc1)NC1CCCCN(Cc2cccc(Cl)c2)C1=O. The molecule has 6 nitrogen and oxygen atoms in total. The van der Waals surface area contributed by atoms with E-state index in [4.69, 9.17) is 16.3 Å². The van der Waals surface area contributed by atoms with Crippen LogP contribution in [0.5, 0.6) is 11.5 Å². The Hall–Kier alpha value is -3.51. The molecule has 1 aliphatic heterocycles. The summed E-state index contributed by atoms with van der Waals surface area (Å²) in [6.45, 7) is 1.12. The molecular formula is C26H26ClN3O3. The number of benzene rings is 3. The molecule has 1 fully saturated rings. The standard InChI is InChI=1S/C26H26ClN3O3/c27-20-10-8-9-19(17-20)18-30-16-7-6-14-23(25(30)31)29-26(32)28-22-13-4-5-15-24(22)33-21-11-2-1-3-12-21/h1-5,8-13,15,17,23H,6-7,14,16,18H2,(H2,28,29,32). The summed E-state index contributed by atoms with van der Waals surface area (Å²) in [5.74, 6) is 1.10. The second kappa shape index (κ2) is 10.9. The number of para-hydroxylation sites is 3. The maximum absolute atomic E-state index is 13.2. The minimum atomic E-state index is -0.589. The molecule has 33 heavy (non-hydrogen) atoms. The lowest BCUT2D eigenvalue weighted by Gasteiger charge is -2.25. The van der Waals surface area contributed by atoms with E-state index in [1.807, 2.05) is 66.7 Å². The van der Waals surface area contributed by atoms with E-state index in [9.17, 15) is 9.59 Å². The zero-order valence-corrected chi connectivity index (χ0v) is 18.9. The number of nitrogens with zero attached hydrogens (tertiary/aromatic N) is 1. The molecular weight excluding hydrogens is 438 g/mol. The van der Waals surface area contributed by atoms with Crippen molar-refractivity contribution < 1.29 is 14.3 Å². The lowest BCUT2D eigenvalue weighted by atomic mass is 10.1. The number of anilines is 1. The van der Waals surface area contributed by atoms with Gasteiger partial charge in [0, 0.05) is 18.1 Å². The smallest absolute Gasteiger partial charge is 0.319 e.